The van der Waals surface area contributed by atoms with E-state index in [9.17, 15) is 19.5 Å². The Balaban J connectivity index is 1.63. The smallest absolute Gasteiger partial charge is 0.354 e. The monoisotopic (exact) mass is 330 g/mol. The van der Waals surface area contributed by atoms with Crippen LogP contribution in [0, 0.1) is 0 Å². The first kappa shape index (κ1) is 14.7. The first-order valence-corrected chi connectivity index (χ1v) is 8.39. The summed E-state index contributed by atoms with van der Waals surface area (Å²) in [6, 6.07) is 0. The van der Waals surface area contributed by atoms with Crippen LogP contribution in [0.1, 0.15) is 6.42 Å². The quantitative estimate of drug-likeness (QED) is 0.734. The SMILES string of the molecule is O=C(O)C1=C(SCC(=O)N2CCOCC2)S[C@@H]2CC(=O)N12. The zero-order valence-corrected chi connectivity index (χ0v) is 12.7. The Bertz CT molecular complexity index is 530. The number of amides is 2. The number of carboxylic acids is 1. The van der Waals surface area contributed by atoms with E-state index in [1.165, 1.54) is 28.4 Å². The number of β-lactam (4-membered cyclic amide) rings is 1. The number of ether oxygens (including phenoxy) is 1. The Morgan fingerprint density at radius 3 is 2.71 bits per heavy atom. The summed E-state index contributed by atoms with van der Waals surface area (Å²) in [5, 5.41) is 9.14. The van der Waals surface area contributed by atoms with Crippen molar-refractivity contribution < 1.29 is 24.2 Å². The van der Waals surface area contributed by atoms with Crippen molar-refractivity contribution in [3.63, 3.8) is 0 Å². The van der Waals surface area contributed by atoms with Gasteiger partial charge in [-0.25, -0.2) is 4.79 Å². The molecular weight excluding hydrogens is 316 g/mol. The Kier molecular flexibility index (Phi) is 4.14. The summed E-state index contributed by atoms with van der Waals surface area (Å²) in [5.41, 5.74) is 0.0287. The number of hydrogen-bond acceptors (Lipinski definition) is 6. The van der Waals surface area contributed by atoms with Gasteiger partial charge in [0.05, 0.1) is 35.0 Å². The third kappa shape index (κ3) is 2.77. The molecule has 1 atom stereocenters. The van der Waals surface area contributed by atoms with Gasteiger partial charge in [0.25, 0.3) is 0 Å². The van der Waals surface area contributed by atoms with E-state index in [0.717, 1.165) is 0 Å². The van der Waals surface area contributed by atoms with Gasteiger partial charge in [0.2, 0.25) is 11.8 Å². The first-order valence-electron chi connectivity index (χ1n) is 6.52. The lowest BCUT2D eigenvalue weighted by molar-refractivity contribution is -0.145. The van der Waals surface area contributed by atoms with Gasteiger partial charge in [-0.1, -0.05) is 11.8 Å². The zero-order valence-electron chi connectivity index (χ0n) is 11.1. The molecule has 9 heteroatoms. The summed E-state index contributed by atoms with van der Waals surface area (Å²) in [7, 11) is 0. The van der Waals surface area contributed by atoms with E-state index in [2.05, 4.69) is 0 Å². The van der Waals surface area contributed by atoms with E-state index in [1.54, 1.807) is 4.90 Å². The van der Waals surface area contributed by atoms with E-state index >= 15 is 0 Å². The van der Waals surface area contributed by atoms with Crippen LogP contribution in [0.4, 0.5) is 0 Å². The minimum atomic E-state index is -1.11. The highest BCUT2D eigenvalue weighted by molar-refractivity contribution is 8.23. The van der Waals surface area contributed by atoms with Crippen LogP contribution in [-0.2, 0) is 19.1 Å². The average molecular weight is 330 g/mol. The van der Waals surface area contributed by atoms with Gasteiger partial charge in [0.15, 0.2) is 5.70 Å². The molecule has 2 amide bonds. The molecule has 3 rings (SSSR count). The van der Waals surface area contributed by atoms with Gasteiger partial charge in [0.1, 0.15) is 0 Å². The highest BCUT2D eigenvalue weighted by atomic mass is 32.2. The molecule has 1 N–H and O–H groups in total. The predicted octanol–water partition coefficient (Wildman–Crippen LogP) is 0.137. The van der Waals surface area contributed by atoms with E-state index in [4.69, 9.17) is 4.74 Å². The number of hydrogen-bond donors (Lipinski definition) is 1. The molecule has 2 fully saturated rings. The number of rotatable bonds is 4. The molecule has 114 valence electrons. The second kappa shape index (κ2) is 5.90. The molecule has 0 bridgehead atoms. The van der Waals surface area contributed by atoms with Crippen LogP contribution in [0.2, 0.25) is 0 Å². The Morgan fingerprint density at radius 2 is 2.10 bits per heavy atom. The first-order chi connectivity index (χ1) is 10.1. The molecular formula is C12H14N2O5S2. The molecule has 0 radical (unpaired) electrons. The number of carboxylic acid groups (broad SMARTS) is 1. The van der Waals surface area contributed by atoms with E-state index < -0.39 is 5.97 Å². The third-order valence-electron chi connectivity index (χ3n) is 3.48. The van der Waals surface area contributed by atoms with Gasteiger partial charge < -0.3 is 14.7 Å². The molecule has 2 saturated heterocycles. The van der Waals surface area contributed by atoms with Crippen LogP contribution in [0.15, 0.2) is 9.93 Å². The summed E-state index contributed by atoms with van der Waals surface area (Å²) in [5.74, 6) is -1.12. The maximum absolute atomic E-state index is 12.1. The van der Waals surface area contributed by atoms with Crippen LogP contribution in [0.25, 0.3) is 0 Å². The topological polar surface area (TPSA) is 87.1 Å². The van der Waals surface area contributed by atoms with Crippen LogP contribution < -0.4 is 0 Å². The lowest BCUT2D eigenvalue weighted by Gasteiger charge is -2.33. The number of fused-ring (bicyclic) bond motifs is 1. The van der Waals surface area contributed by atoms with Gasteiger partial charge in [-0.2, -0.15) is 0 Å². The number of thioether (sulfide) groups is 2. The van der Waals surface area contributed by atoms with Gasteiger partial charge in [-0.05, 0) is 0 Å². The average Bonchev–Trinajstić information content (AvgIpc) is 2.78. The van der Waals surface area contributed by atoms with Gasteiger partial charge in [-0.15, -0.1) is 11.8 Å². The lowest BCUT2D eigenvalue weighted by atomic mass is 10.2. The second-order valence-corrected chi connectivity index (χ2v) is 7.20. The Morgan fingerprint density at radius 1 is 1.38 bits per heavy atom. The molecule has 0 aromatic rings. The Labute approximate surface area is 129 Å². The molecule has 0 aliphatic carbocycles. The van der Waals surface area contributed by atoms with Crippen molar-refractivity contribution in [3.05, 3.63) is 9.93 Å². The minimum absolute atomic E-state index is 0.0262. The fourth-order valence-corrected chi connectivity index (χ4v) is 4.99. The highest BCUT2D eigenvalue weighted by Gasteiger charge is 2.48. The summed E-state index contributed by atoms with van der Waals surface area (Å²) < 4.78 is 5.74. The summed E-state index contributed by atoms with van der Waals surface area (Å²) >= 11 is 2.57. The minimum Gasteiger partial charge on any atom is -0.477 e. The van der Waals surface area contributed by atoms with Gasteiger partial charge >= 0.3 is 5.97 Å². The maximum Gasteiger partial charge on any atom is 0.354 e. The number of morpholine rings is 1. The van der Waals surface area contributed by atoms with Crippen LogP contribution in [0.3, 0.4) is 0 Å². The summed E-state index contributed by atoms with van der Waals surface area (Å²) in [4.78, 5) is 37.9. The fraction of sp³-hybridized carbons (Fsp3) is 0.583. The fourth-order valence-electron chi connectivity index (χ4n) is 2.35. The summed E-state index contributed by atoms with van der Waals surface area (Å²) in [6.07, 6.45) is 0.364. The van der Waals surface area contributed by atoms with Gasteiger partial charge in [0, 0.05) is 13.1 Å². The molecule has 3 aliphatic heterocycles. The zero-order chi connectivity index (χ0) is 15.0. The predicted molar refractivity (Wildman–Crippen MR) is 77.4 cm³/mol. The second-order valence-electron chi connectivity index (χ2n) is 4.76. The van der Waals surface area contributed by atoms with Crippen molar-refractivity contribution >= 4 is 41.3 Å². The third-order valence-corrected chi connectivity index (χ3v) is 6.02. The maximum atomic E-state index is 12.1. The van der Waals surface area contributed by atoms with E-state index in [-0.39, 0.29) is 28.6 Å². The lowest BCUT2D eigenvalue weighted by Crippen LogP contribution is -2.48. The molecule has 3 heterocycles. The molecule has 0 aromatic heterocycles. The van der Waals surface area contributed by atoms with Crippen molar-refractivity contribution in [1.29, 1.82) is 0 Å². The normalized spacial score (nSPS) is 25.0. The van der Waals surface area contributed by atoms with Crippen LogP contribution >= 0.6 is 23.5 Å². The Hall–Kier alpha value is -1.19. The standard InChI is InChI=1S/C12H14N2O5S2/c15-7-5-9-14(7)10(11(17)18)12(21-9)20-6-8(16)13-1-3-19-4-2-13/h9H,1-6H2,(H,17,18)/t9-/m1/s1. The van der Waals surface area contributed by atoms with Gasteiger partial charge in [-0.3, -0.25) is 14.5 Å². The molecule has 0 aromatic carbocycles. The molecule has 0 unspecified atom stereocenters. The molecule has 0 saturated carbocycles. The highest BCUT2D eigenvalue weighted by Crippen LogP contribution is 2.50. The largest absolute Gasteiger partial charge is 0.477 e. The molecule has 0 spiro atoms. The molecule has 7 nitrogen and oxygen atoms in total. The van der Waals surface area contributed by atoms with Crippen molar-refractivity contribution in [2.24, 2.45) is 0 Å². The molecule has 3 aliphatic rings. The van der Waals surface area contributed by atoms with E-state index in [1.807, 2.05) is 0 Å². The number of nitrogens with zero attached hydrogens (tertiary/aromatic N) is 2. The number of carbonyl (C=O) groups is 3. The number of aliphatic carboxylic acids is 1. The van der Waals surface area contributed by atoms with Crippen molar-refractivity contribution in [1.82, 2.24) is 9.80 Å². The van der Waals surface area contributed by atoms with Crippen molar-refractivity contribution in [2.75, 3.05) is 32.1 Å². The van der Waals surface area contributed by atoms with E-state index in [0.29, 0.717) is 37.0 Å². The molecule has 21 heavy (non-hydrogen) atoms. The number of carbonyl (C=O) groups excluding carboxylic acids is 2. The van der Waals surface area contributed by atoms with Crippen molar-refractivity contribution in [2.45, 2.75) is 11.8 Å². The van der Waals surface area contributed by atoms with Crippen LogP contribution in [0.5, 0.6) is 0 Å². The van der Waals surface area contributed by atoms with Crippen molar-refractivity contribution in [3.8, 4) is 0 Å². The van der Waals surface area contributed by atoms with Crippen LogP contribution in [-0.4, -0.2) is 70.1 Å². The summed E-state index contributed by atoms with van der Waals surface area (Å²) in [6.45, 7) is 2.23.